The van der Waals surface area contributed by atoms with Crippen molar-refractivity contribution in [2.24, 2.45) is 0 Å². The Morgan fingerprint density at radius 1 is 0.913 bits per heavy atom. The molecule has 4 heteroatoms. The number of carbonyl (C=O) groups is 1. The summed E-state index contributed by atoms with van der Waals surface area (Å²) in [6, 6.07) is 18.1. The van der Waals surface area contributed by atoms with Crippen LogP contribution in [0.25, 0.3) is 23.0 Å². The van der Waals surface area contributed by atoms with Gasteiger partial charge >= 0.3 is 0 Å². The van der Waals surface area contributed by atoms with E-state index in [9.17, 15) is 9.90 Å². The van der Waals surface area contributed by atoms with Gasteiger partial charge in [-0.2, -0.15) is 0 Å². The monoisotopic (exact) mass is 303 g/mol. The van der Waals surface area contributed by atoms with Gasteiger partial charge < -0.3 is 14.8 Å². The van der Waals surface area contributed by atoms with E-state index in [0.29, 0.717) is 22.7 Å². The summed E-state index contributed by atoms with van der Waals surface area (Å²) in [5, 5.41) is 12.7. The molecule has 0 spiro atoms. The minimum absolute atomic E-state index is 0.147. The molecule has 1 amide bonds. The topological polar surface area (TPSA) is 62.5 Å². The minimum Gasteiger partial charge on any atom is -0.507 e. The number of anilines is 1. The normalized spacial score (nSPS) is 14.8. The number of nitrogens with one attached hydrogen (secondary N) is 1. The van der Waals surface area contributed by atoms with Crippen LogP contribution in [-0.4, -0.2) is 11.0 Å². The summed E-state index contributed by atoms with van der Waals surface area (Å²) in [6.45, 7) is 0. The maximum absolute atomic E-state index is 12.1. The molecule has 0 aliphatic carbocycles. The second-order valence-electron chi connectivity index (χ2n) is 5.28. The fourth-order valence-corrected chi connectivity index (χ4v) is 2.68. The Bertz CT molecular complexity index is 937. The van der Waals surface area contributed by atoms with Crippen LogP contribution in [0.3, 0.4) is 0 Å². The number of phenolic OH excluding ortho intramolecular Hbond substituents is 1. The number of benzene rings is 2. The number of amides is 1. The first-order chi connectivity index (χ1) is 11.2. The van der Waals surface area contributed by atoms with Crippen LogP contribution in [0.1, 0.15) is 11.3 Å². The fourth-order valence-electron chi connectivity index (χ4n) is 2.68. The van der Waals surface area contributed by atoms with E-state index in [1.54, 1.807) is 36.4 Å². The quantitative estimate of drug-likeness (QED) is 0.699. The van der Waals surface area contributed by atoms with Gasteiger partial charge in [-0.15, -0.1) is 0 Å². The van der Waals surface area contributed by atoms with Gasteiger partial charge in [-0.1, -0.05) is 30.3 Å². The van der Waals surface area contributed by atoms with Crippen molar-refractivity contribution >= 4 is 23.2 Å². The number of furan rings is 1. The standard InChI is InChI=1S/C19H13NO3/c21-17-8-4-2-6-14(17)18-10-9-12(23-18)11-15-13-5-1-3-7-16(13)20-19(15)22/h1-11,21H,(H,20,22)/b15-11-. The molecule has 0 saturated heterocycles. The molecule has 112 valence electrons. The van der Waals surface area contributed by atoms with Crippen molar-refractivity contribution in [3.05, 3.63) is 72.0 Å². The van der Waals surface area contributed by atoms with E-state index in [-0.39, 0.29) is 11.7 Å². The Kier molecular flexibility index (Phi) is 3.01. The van der Waals surface area contributed by atoms with Crippen LogP contribution in [-0.2, 0) is 4.79 Å². The van der Waals surface area contributed by atoms with Crippen molar-refractivity contribution < 1.29 is 14.3 Å². The highest BCUT2D eigenvalue weighted by Crippen LogP contribution is 2.34. The van der Waals surface area contributed by atoms with E-state index in [0.717, 1.165) is 11.3 Å². The highest BCUT2D eigenvalue weighted by atomic mass is 16.3. The minimum atomic E-state index is -0.147. The summed E-state index contributed by atoms with van der Waals surface area (Å²) in [7, 11) is 0. The van der Waals surface area contributed by atoms with Gasteiger partial charge in [-0.25, -0.2) is 0 Å². The molecule has 2 aromatic carbocycles. The van der Waals surface area contributed by atoms with Crippen molar-refractivity contribution in [1.82, 2.24) is 0 Å². The zero-order valence-corrected chi connectivity index (χ0v) is 12.1. The van der Waals surface area contributed by atoms with E-state index in [2.05, 4.69) is 5.32 Å². The Hall–Kier alpha value is -3.27. The summed E-state index contributed by atoms with van der Waals surface area (Å²) in [6.07, 6.45) is 1.71. The van der Waals surface area contributed by atoms with Crippen molar-refractivity contribution in [3.8, 4) is 17.1 Å². The number of fused-ring (bicyclic) bond motifs is 1. The molecule has 2 N–H and O–H groups in total. The first kappa shape index (κ1) is 13.4. The Labute approximate surface area is 132 Å². The summed E-state index contributed by atoms with van der Waals surface area (Å²) < 4.78 is 5.76. The predicted molar refractivity (Wildman–Crippen MR) is 88.8 cm³/mol. The Morgan fingerprint density at radius 3 is 2.48 bits per heavy atom. The van der Waals surface area contributed by atoms with Crippen LogP contribution in [0.15, 0.2) is 65.1 Å². The smallest absolute Gasteiger partial charge is 0.256 e. The number of hydrogen-bond donors (Lipinski definition) is 2. The molecule has 0 fully saturated rings. The third-order valence-electron chi connectivity index (χ3n) is 3.79. The Balaban J connectivity index is 1.74. The van der Waals surface area contributed by atoms with E-state index in [4.69, 9.17) is 4.42 Å². The lowest BCUT2D eigenvalue weighted by Crippen LogP contribution is -2.03. The number of phenols is 1. The molecular formula is C19H13NO3. The lowest BCUT2D eigenvalue weighted by atomic mass is 10.1. The van der Waals surface area contributed by atoms with Crippen LogP contribution in [0.5, 0.6) is 5.75 Å². The van der Waals surface area contributed by atoms with Crippen LogP contribution in [0.4, 0.5) is 5.69 Å². The molecule has 0 unspecified atom stereocenters. The molecule has 1 aliphatic rings. The third kappa shape index (κ3) is 2.30. The van der Waals surface area contributed by atoms with E-state index < -0.39 is 0 Å². The maximum atomic E-state index is 12.1. The molecule has 0 bridgehead atoms. The Morgan fingerprint density at radius 2 is 1.65 bits per heavy atom. The van der Waals surface area contributed by atoms with Gasteiger partial charge in [0.05, 0.1) is 11.1 Å². The van der Waals surface area contributed by atoms with Crippen molar-refractivity contribution in [3.63, 3.8) is 0 Å². The van der Waals surface area contributed by atoms with E-state index in [1.165, 1.54) is 0 Å². The summed E-state index contributed by atoms with van der Waals surface area (Å²) in [5.41, 5.74) is 2.85. The molecule has 0 radical (unpaired) electrons. The van der Waals surface area contributed by atoms with Crippen LogP contribution in [0.2, 0.25) is 0 Å². The molecule has 4 rings (SSSR count). The van der Waals surface area contributed by atoms with E-state index >= 15 is 0 Å². The molecule has 1 aliphatic heterocycles. The first-order valence-corrected chi connectivity index (χ1v) is 7.23. The van der Waals surface area contributed by atoms with Gasteiger partial charge in [0, 0.05) is 11.3 Å². The molecule has 4 nitrogen and oxygen atoms in total. The zero-order valence-electron chi connectivity index (χ0n) is 12.1. The van der Waals surface area contributed by atoms with Crippen molar-refractivity contribution in [2.45, 2.75) is 0 Å². The molecular weight excluding hydrogens is 290 g/mol. The predicted octanol–water partition coefficient (Wildman–Crippen LogP) is 4.14. The first-order valence-electron chi connectivity index (χ1n) is 7.23. The summed E-state index contributed by atoms with van der Waals surface area (Å²) in [4.78, 5) is 12.1. The van der Waals surface area contributed by atoms with Gasteiger partial charge in [0.15, 0.2) is 0 Å². The number of hydrogen-bond acceptors (Lipinski definition) is 3. The molecule has 3 aromatic rings. The van der Waals surface area contributed by atoms with Crippen molar-refractivity contribution in [1.29, 1.82) is 0 Å². The van der Waals surface area contributed by atoms with Gasteiger partial charge in [-0.05, 0) is 36.4 Å². The van der Waals surface area contributed by atoms with Crippen LogP contribution in [0, 0.1) is 0 Å². The second-order valence-corrected chi connectivity index (χ2v) is 5.28. The molecule has 0 atom stereocenters. The number of rotatable bonds is 2. The number of para-hydroxylation sites is 2. The van der Waals surface area contributed by atoms with Gasteiger partial charge in [0.2, 0.25) is 0 Å². The zero-order chi connectivity index (χ0) is 15.8. The van der Waals surface area contributed by atoms with E-state index in [1.807, 2.05) is 30.3 Å². The van der Waals surface area contributed by atoms with Crippen LogP contribution >= 0.6 is 0 Å². The summed E-state index contributed by atoms with van der Waals surface area (Å²) >= 11 is 0. The lowest BCUT2D eigenvalue weighted by molar-refractivity contribution is -0.110. The average Bonchev–Trinajstić information content (AvgIpc) is 3.14. The van der Waals surface area contributed by atoms with Gasteiger partial charge in [-0.3, -0.25) is 4.79 Å². The van der Waals surface area contributed by atoms with Gasteiger partial charge in [0.25, 0.3) is 5.91 Å². The summed E-state index contributed by atoms with van der Waals surface area (Å²) in [5.74, 6) is 1.13. The lowest BCUT2D eigenvalue weighted by Gasteiger charge is -2.00. The third-order valence-corrected chi connectivity index (χ3v) is 3.79. The van der Waals surface area contributed by atoms with Gasteiger partial charge in [0.1, 0.15) is 17.3 Å². The molecule has 23 heavy (non-hydrogen) atoms. The molecule has 0 saturated carbocycles. The number of aromatic hydroxyl groups is 1. The van der Waals surface area contributed by atoms with Crippen LogP contribution < -0.4 is 5.32 Å². The maximum Gasteiger partial charge on any atom is 0.256 e. The highest BCUT2D eigenvalue weighted by Gasteiger charge is 2.23. The highest BCUT2D eigenvalue weighted by molar-refractivity contribution is 6.34. The largest absolute Gasteiger partial charge is 0.507 e. The fraction of sp³-hybridized carbons (Fsp3) is 0. The average molecular weight is 303 g/mol. The molecule has 1 aromatic heterocycles. The number of carbonyl (C=O) groups excluding carboxylic acids is 1. The second kappa shape index (κ2) is 5.18. The molecule has 2 heterocycles. The van der Waals surface area contributed by atoms with Crippen molar-refractivity contribution in [2.75, 3.05) is 5.32 Å². The SMILES string of the molecule is O=C1Nc2ccccc2/C1=C/c1ccc(-c2ccccc2O)o1.